The SMILES string of the molecule is CC(Oc1ncc[nH]1)(C(=O)c1ccc(Br)cc1)C1CCCNC1. The van der Waals surface area contributed by atoms with E-state index in [1.165, 1.54) is 0 Å². The Labute approximate surface area is 144 Å². The summed E-state index contributed by atoms with van der Waals surface area (Å²) in [5.74, 6) is 0.0765. The Kier molecular flexibility index (Phi) is 4.82. The van der Waals surface area contributed by atoms with Crippen LogP contribution < -0.4 is 10.1 Å². The molecule has 0 bridgehead atoms. The summed E-state index contributed by atoms with van der Waals surface area (Å²) in [5, 5.41) is 3.37. The molecule has 5 nitrogen and oxygen atoms in total. The highest BCUT2D eigenvalue weighted by Crippen LogP contribution is 2.32. The fraction of sp³-hybridized carbons (Fsp3) is 0.412. The summed E-state index contributed by atoms with van der Waals surface area (Å²) in [6.07, 6.45) is 5.31. The van der Waals surface area contributed by atoms with Gasteiger partial charge in [0.25, 0.3) is 6.01 Å². The number of H-pyrrole nitrogens is 1. The molecule has 2 heterocycles. The lowest BCUT2D eigenvalue weighted by Gasteiger charge is -2.38. The molecule has 2 atom stereocenters. The van der Waals surface area contributed by atoms with Gasteiger partial charge in [-0.3, -0.25) is 4.79 Å². The quantitative estimate of drug-likeness (QED) is 0.785. The number of ether oxygens (including phenoxy) is 1. The minimum Gasteiger partial charge on any atom is -0.450 e. The number of hydrogen-bond acceptors (Lipinski definition) is 4. The van der Waals surface area contributed by atoms with E-state index in [0.717, 1.165) is 30.4 Å². The number of aromatic nitrogens is 2. The number of carbonyl (C=O) groups is 1. The molecule has 122 valence electrons. The molecule has 1 aliphatic rings. The van der Waals surface area contributed by atoms with Gasteiger partial charge < -0.3 is 15.0 Å². The van der Waals surface area contributed by atoms with E-state index in [2.05, 4.69) is 31.2 Å². The largest absolute Gasteiger partial charge is 0.450 e. The first kappa shape index (κ1) is 16.2. The van der Waals surface area contributed by atoms with Crippen molar-refractivity contribution in [2.45, 2.75) is 25.4 Å². The molecule has 2 unspecified atom stereocenters. The van der Waals surface area contributed by atoms with E-state index in [4.69, 9.17) is 4.74 Å². The molecule has 6 heteroatoms. The molecule has 1 aromatic heterocycles. The van der Waals surface area contributed by atoms with Crippen LogP contribution in [0.15, 0.2) is 41.1 Å². The van der Waals surface area contributed by atoms with Gasteiger partial charge in [0.15, 0.2) is 5.60 Å². The molecule has 3 rings (SSSR count). The molecule has 0 radical (unpaired) electrons. The zero-order valence-electron chi connectivity index (χ0n) is 13.0. The fourth-order valence-electron chi connectivity index (χ4n) is 3.03. The Balaban J connectivity index is 1.92. The molecule has 2 aromatic rings. The topological polar surface area (TPSA) is 67.0 Å². The van der Waals surface area contributed by atoms with Crippen molar-refractivity contribution in [3.05, 3.63) is 46.7 Å². The molecule has 0 spiro atoms. The standard InChI is InChI=1S/C17H20BrN3O2/c1-17(13-3-2-8-19-11-13,23-16-20-9-10-21-16)15(22)12-4-6-14(18)7-5-12/h4-7,9-10,13,19H,2-3,8,11H2,1H3,(H,20,21). The number of benzene rings is 1. The maximum absolute atomic E-state index is 13.2. The van der Waals surface area contributed by atoms with E-state index in [1.807, 2.05) is 31.2 Å². The minimum absolute atomic E-state index is 0.0184. The lowest BCUT2D eigenvalue weighted by Crippen LogP contribution is -2.53. The van der Waals surface area contributed by atoms with Gasteiger partial charge in [-0.25, -0.2) is 4.98 Å². The number of carbonyl (C=O) groups excluding carboxylic acids is 1. The Morgan fingerprint density at radius 1 is 1.39 bits per heavy atom. The van der Waals surface area contributed by atoms with Gasteiger partial charge in [0.2, 0.25) is 5.78 Å². The van der Waals surface area contributed by atoms with Crippen molar-refractivity contribution in [1.29, 1.82) is 0 Å². The summed E-state index contributed by atoms with van der Waals surface area (Å²) >= 11 is 3.40. The third kappa shape index (κ3) is 3.48. The van der Waals surface area contributed by atoms with Crippen LogP contribution in [0.3, 0.4) is 0 Å². The number of piperidine rings is 1. The maximum atomic E-state index is 13.2. The monoisotopic (exact) mass is 377 g/mol. The molecule has 0 amide bonds. The Morgan fingerprint density at radius 3 is 2.78 bits per heavy atom. The highest BCUT2D eigenvalue weighted by Gasteiger charge is 2.45. The zero-order valence-corrected chi connectivity index (χ0v) is 14.6. The Bertz CT molecular complexity index is 651. The molecule has 1 saturated heterocycles. The van der Waals surface area contributed by atoms with Gasteiger partial charge in [-0.1, -0.05) is 28.1 Å². The highest BCUT2D eigenvalue weighted by atomic mass is 79.9. The number of hydrogen-bond donors (Lipinski definition) is 2. The van der Waals surface area contributed by atoms with E-state index < -0.39 is 5.60 Å². The first-order valence-corrected chi connectivity index (χ1v) is 8.58. The number of imidazole rings is 1. The fourth-order valence-corrected chi connectivity index (χ4v) is 3.30. The van der Waals surface area contributed by atoms with Crippen molar-refractivity contribution in [3.8, 4) is 6.01 Å². The van der Waals surface area contributed by atoms with E-state index >= 15 is 0 Å². The number of aromatic amines is 1. The van der Waals surface area contributed by atoms with Crippen LogP contribution in [0.1, 0.15) is 30.1 Å². The van der Waals surface area contributed by atoms with Crippen molar-refractivity contribution < 1.29 is 9.53 Å². The van der Waals surface area contributed by atoms with Crippen LogP contribution in [0.2, 0.25) is 0 Å². The molecule has 1 aliphatic heterocycles. The van der Waals surface area contributed by atoms with Crippen molar-refractivity contribution >= 4 is 21.7 Å². The van der Waals surface area contributed by atoms with Crippen LogP contribution in [-0.2, 0) is 0 Å². The van der Waals surface area contributed by atoms with Crippen molar-refractivity contribution in [2.75, 3.05) is 13.1 Å². The van der Waals surface area contributed by atoms with Crippen molar-refractivity contribution in [3.63, 3.8) is 0 Å². The number of nitrogens with zero attached hydrogens (tertiary/aromatic N) is 1. The van der Waals surface area contributed by atoms with Gasteiger partial charge in [0.1, 0.15) is 0 Å². The zero-order chi connectivity index (χ0) is 16.3. The summed E-state index contributed by atoms with van der Waals surface area (Å²) in [5.41, 5.74) is -0.313. The maximum Gasteiger partial charge on any atom is 0.294 e. The normalized spacial score (nSPS) is 20.7. The van der Waals surface area contributed by atoms with E-state index in [9.17, 15) is 4.79 Å². The predicted octanol–water partition coefficient (Wildman–Crippen LogP) is 3.19. The average Bonchev–Trinajstić information content (AvgIpc) is 3.08. The Hall–Kier alpha value is -1.66. The lowest BCUT2D eigenvalue weighted by molar-refractivity contribution is 0.0131. The minimum atomic E-state index is -0.959. The number of ketones is 1. The number of Topliss-reactive ketones (excluding diaryl/α,β-unsaturated/α-hetero) is 1. The lowest BCUT2D eigenvalue weighted by atomic mass is 9.78. The van der Waals surface area contributed by atoms with Crippen LogP contribution in [0, 0.1) is 5.92 Å². The van der Waals surface area contributed by atoms with Crippen LogP contribution >= 0.6 is 15.9 Å². The molecule has 0 aliphatic carbocycles. The van der Waals surface area contributed by atoms with E-state index in [1.54, 1.807) is 12.4 Å². The Morgan fingerprint density at radius 2 is 2.17 bits per heavy atom. The smallest absolute Gasteiger partial charge is 0.294 e. The number of halogens is 1. The average molecular weight is 378 g/mol. The van der Waals surface area contributed by atoms with Gasteiger partial charge >= 0.3 is 0 Å². The summed E-state index contributed by atoms with van der Waals surface area (Å²) in [6.45, 7) is 3.62. The highest BCUT2D eigenvalue weighted by molar-refractivity contribution is 9.10. The van der Waals surface area contributed by atoms with Crippen LogP contribution in [0.5, 0.6) is 6.01 Å². The second kappa shape index (κ2) is 6.84. The molecule has 2 N–H and O–H groups in total. The molecular formula is C17H20BrN3O2. The summed E-state index contributed by atoms with van der Waals surface area (Å²) in [4.78, 5) is 20.3. The van der Waals surface area contributed by atoms with Crippen molar-refractivity contribution in [1.82, 2.24) is 15.3 Å². The number of rotatable bonds is 5. The van der Waals surface area contributed by atoms with Gasteiger partial charge in [-0.2, -0.15) is 0 Å². The molecule has 0 saturated carbocycles. The first-order valence-electron chi connectivity index (χ1n) is 7.79. The summed E-state index contributed by atoms with van der Waals surface area (Å²) < 4.78 is 7.01. The first-order chi connectivity index (χ1) is 11.1. The second-order valence-corrected chi connectivity index (χ2v) is 6.90. The van der Waals surface area contributed by atoms with E-state index in [0.29, 0.717) is 11.6 Å². The van der Waals surface area contributed by atoms with Gasteiger partial charge in [0, 0.05) is 34.9 Å². The predicted molar refractivity (Wildman–Crippen MR) is 91.7 cm³/mol. The molecule has 1 fully saturated rings. The molecular weight excluding hydrogens is 358 g/mol. The van der Waals surface area contributed by atoms with Crippen molar-refractivity contribution in [2.24, 2.45) is 5.92 Å². The molecule has 23 heavy (non-hydrogen) atoms. The third-order valence-corrected chi connectivity index (χ3v) is 4.94. The third-order valence-electron chi connectivity index (χ3n) is 4.42. The van der Waals surface area contributed by atoms with E-state index in [-0.39, 0.29) is 11.7 Å². The van der Waals surface area contributed by atoms with Gasteiger partial charge in [-0.05, 0) is 38.4 Å². The second-order valence-electron chi connectivity index (χ2n) is 5.98. The molecule has 1 aromatic carbocycles. The van der Waals surface area contributed by atoms with Crippen LogP contribution in [-0.4, -0.2) is 34.4 Å². The van der Waals surface area contributed by atoms with Crippen LogP contribution in [0.25, 0.3) is 0 Å². The summed E-state index contributed by atoms with van der Waals surface area (Å²) in [7, 11) is 0. The van der Waals surface area contributed by atoms with Crippen LogP contribution in [0.4, 0.5) is 0 Å². The summed E-state index contributed by atoms with van der Waals surface area (Å²) in [6, 6.07) is 7.78. The van der Waals surface area contributed by atoms with Gasteiger partial charge in [-0.15, -0.1) is 0 Å². The number of nitrogens with one attached hydrogen (secondary N) is 2. The van der Waals surface area contributed by atoms with Gasteiger partial charge in [0.05, 0.1) is 0 Å².